The van der Waals surface area contributed by atoms with Gasteiger partial charge in [-0.05, 0) is 41.8 Å². The summed E-state index contributed by atoms with van der Waals surface area (Å²) in [5.74, 6) is 1.03. The van der Waals surface area contributed by atoms with E-state index in [1.54, 1.807) is 32.4 Å². The summed E-state index contributed by atoms with van der Waals surface area (Å²) in [6.45, 7) is 1.11. The number of hydrogen-bond acceptors (Lipinski definition) is 4. The zero-order valence-corrected chi connectivity index (χ0v) is 17.8. The van der Waals surface area contributed by atoms with E-state index in [2.05, 4.69) is 5.32 Å². The minimum atomic E-state index is -0.150. The molecule has 3 aromatic rings. The zero-order chi connectivity index (χ0) is 21.8. The summed E-state index contributed by atoms with van der Waals surface area (Å²) in [6.07, 6.45) is 1.25. The second-order valence-corrected chi connectivity index (χ2v) is 7.65. The standard InChI is InChI=1S/C25H26N2O4/c1-30-19-10-11-22(23(16-19)31-2)26-24(28)18-12-14-27(15-13-18)25(29)21-9-5-7-17-6-3-4-8-20(17)21/h3-11,16,18H,12-15H2,1-2H3,(H,26,28). The highest BCUT2D eigenvalue weighted by atomic mass is 16.5. The van der Waals surface area contributed by atoms with Crippen LogP contribution in [0.2, 0.25) is 0 Å². The Morgan fingerprint density at radius 3 is 2.42 bits per heavy atom. The van der Waals surface area contributed by atoms with Gasteiger partial charge in [-0.2, -0.15) is 0 Å². The second kappa shape index (κ2) is 9.08. The summed E-state index contributed by atoms with van der Waals surface area (Å²) in [6, 6.07) is 19.0. The minimum absolute atomic E-state index is 0.0208. The molecule has 1 N–H and O–H groups in total. The lowest BCUT2D eigenvalue weighted by Gasteiger charge is -2.31. The molecule has 0 bridgehead atoms. The van der Waals surface area contributed by atoms with Gasteiger partial charge in [0.2, 0.25) is 5.91 Å². The maximum atomic E-state index is 13.1. The number of anilines is 1. The first-order valence-electron chi connectivity index (χ1n) is 10.4. The number of nitrogens with one attached hydrogen (secondary N) is 1. The molecular weight excluding hydrogens is 392 g/mol. The fourth-order valence-electron chi connectivity index (χ4n) is 4.06. The number of likely N-dealkylation sites (tertiary alicyclic amines) is 1. The van der Waals surface area contributed by atoms with E-state index in [-0.39, 0.29) is 17.7 Å². The second-order valence-electron chi connectivity index (χ2n) is 7.65. The van der Waals surface area contributed by atoms with Crippen LogP contribution in [0.3, 0.4) is 0 Å². The van der Waals surface area contributed by atoms with Gasteiger partial charge in [0.1, 0.15) is 11.5 Å². The van der Waals surface area contributed by atoms with Crippen molar-refractivity contribution in [3.8, 4) is 11.5 Å². The number of ether oxygens (including phenoxy) is 2. The first-order chi connectivity index (χ1) is 15.1. The molecule has 160 valence electrons. The van der Waals surface area contributed by atoms with Gasteiger partial charge in [-0.3, -0.25) is 9.59 Å². The smallest absolute Gasteiger partial charge is 0.254 e. The molecule has 6 heteroatoms. The Kier molecular flexibility index (Phi) is 6.07. The number of benzene rings is 3. The first-order valence-corrected chi connectivity index (χ1v) is 10.4. The van der Waals surface area contributed by atoms with Crippen molar-refractivity contribution >= 4 is 28.3 Å². The van der Waals surface area contributed by atoms with Crippen molar-refractivity contribution in [2.45, 2.75) is 12.8 Å². The summed E-state index contributed by atoms with van der Waals surface area (Å²) in [5.41, 5.74) is 1.33. The Labute approximate surface area is 181 Å². The molecule has 31 heavy (non-hydrogen) atoms. The molecular formula is C25H26N2O4. The molecule has 3 aromatic carbocycles. The molecule has 1 aliphatic heterocycles. The van der Waals surface area contributed by atoms with E-state index < -0.39 is 0 Å². The van der Waals surface area contributed by atoms with Crippen LogP contribution in [0.25, 0.3) is 10.8 Å². The van der Waals surface area contributed by atoms with Crippen molar-refractivity contribution in [2.24, 2.45) is 5.92 Å². The maximum Gasteiger partial charge on any atom is 0.254 e. The summed E-state index contributed by atoms with van der Waals surface area (Å²) in [7, 11) is 3.14. The first kappa shape index (κ1) is 20.7. The topological polar surface area (TPSA) is 67.9 Å². The molecule has 0 atom stereocenters. The highest BCUT2D eigenvalue weighted by molar-refractivity contribution is 6.07. The number of rotatable bonds is 5. The molecule has 1 fully saturated rings. The van der Waals surface area contributed by atoms with Crippen LogP contribution in [0.4, 0.5) is 5.69 Å². The number of amides is 2. The lowest BCUT2D eigenvalue weighted by atomic mass is 9.94. The summed E-state index contributed by atoms with van der Waals surface area (Å²) in [4.78, 5) is 27.8. The predicted octanol–water partition coefficient (Wildman–Crippen LogP) is 4.35. The van der Waals surface area contributed by atoms with Crippen molar-refractivity contribution in [3.63, 3.8) is 0 Å². The van der Waals surface area contributed by atoms with Gasteiger partial charge >= 0.3 is 0 Å². The SMILES string of the molecule is COc1ccc(NC(=O)C2CCN(C(=O)c3cccc4ccccc34)CC2)c(OC)c1. The van der Waals surface area contributed by atoms with Gasteiger partial charge in [-0.25, -0.2) is 0 Å². The molecule has 0 aromatic heterocycles. The van der Waals surface area contributed by atoms with Gasteiger partial charge in [0.15, 0.2) is 0 Å². The minimum Gasteiger partial charge on any atom is -0.497 e. The normalized spacial score (nSPS) is 14.3. The number of carbonyl (C=O) groups is 2. The third-order valence-electron chi connectivity index (χ3n) is 5.84. The van der Waals surface area contributed by atoms with E-state index in [0.29, 0.717) is 48.7 Å². The van der Waals surface area contributed by atoms with Crippen molar-refractivity contribution in [3.05, 3.63) is 66.2 Å². The quantitative estimate of drug-likeness (QED) is 0.669. The number of methoxy groups -OCH3 is 2. The predicted molar refractivity (Wildman–Crippen MR) is 121 cm³/mol. The van der Waals surface area contributed by atoms with Gasteiger partial charge < -0.3 is 19.7 Å². The van der Waals surface area contributed by atoms with Crippen molar-refractivity contribution in [1.82, 2.24) is 4.90 Å². The number of piperidine rings is 1. The Balaban J connectivity index is 1.40. The number of nitrogens with zero attached hydrogens (tertiary/aromatic N) is 1. The van der Waals surface area contributed by atoms with Crippen LogP contribution >= 0.6 is 0 Å². The molecule has 0 aliphatic carbocycles. The van der Waals surface area contributed by atoms with Gasteiger partial charge in [0.05, 0.1) is 19.9 Å². The van der Waals surface area contributed by atoms with E-state index in [4.69, 9.17) is 9.47 Å². The van der Waals surface area contributed by atoms with E-state index in [9.17, 15) is 9.59 Å². The fourth-order valence-corrected chi connectivity index (χ4v) is 4.06. The van der Waals surface area contributed by atoms with E-state index >= 15 is 0 Å². The molecule has 1 saturated heterocycles. The molecule has 0 unspecified atom stereocenters. The average Bonchev–Trinajstić information content (AvgIpc) is 2.83. The van der Waals surface area contributed by atoms with E-state index in [0.717, 1.165) is 10.8 Å². The fraction of sp³-hybridized carbons (Fsp3) is 0.280. The van der Waals surface area contributed by atoms with Crippen molar-refractivity contribution in [2.75, 3.05) is 32.6 Å². The Morgan fingerprint density at radius 1 is 0.935 bits per heavy atom. The van der Waals surface area contributed by atoms with Gasteiger partial charge in [-0.15, -0.1) is 0 Å². The molecule has 0 radical (unpaired) electrons. The Bertz CT molecular complexity index is 1100. The highest BCUT2D eigenvalue weighted by Crippen LogP contribution is 2.30. The van der Waals surface area contributed by atoms with Crippen molar-refractivity contribution < 1.29 is 19.1 Å². The monoisotopic (exact) mass is 418 g/mol. The third-order valence-corrected chi connectivity index (χ3v) is 5.84. The van der Waals surface area contributed by atoms with Crippen molar-refractivity contribution in [1.29, 1.82) is 0 Å². The van der Waals surface area contributed by atoms with Crippen LogP contribution in [-0.4, -0.2) is 44.0 Å². The summed E-state index contributed by atoms with van der Waals surface area (Å²) < 4.78 is 10.6. The number of hydrogen-bond donors (Lipinski definition) is 1. The number of carbonyl (C=O) groups excluding carboxylic acids is 2. The van der Waals surface area contributed by atoms with Crippen LogP contribution in [0.5, 0.6) is 11.5 Å². The largest absolute Gasteiger partial charge is 0.497 e. The van der Waals surface area contributed by atoms with Crippen LogP contribution in [0, 0.1) is 5.92 Å². The van der Waals surface area contributed by atoms with Gasteiger partial charge in [-0.1, -0.05) is 36.4 Å². The van der Waals surface area contributed by atoms with Gasteiger partial charge in [0, 0.05) is 30.6 Å². The lowest BCUT2D eigenvalue weighted by Crippen LogP contribution is -2.41. The molecule has 2 amide bonds. The van der Waals surface area contributed by atoms with Crippen LogP contribution in [0.15, 0.2) is 60.7 Å². The average molecular weight is 418 g/mol. The molecule has 6 nitrogen and oxygen atoms in total. The summed E-state index contributed by atoms with van der Waals surface area (Å²) >= 11 is 0. The molecule has 1 aliphatic rings. The maximum absolute atomic E-state index is 13.1. The molecule has 0 spiro atoms. The molecule has 0 saturated carbocycles. The summed E-state index contributed by atoms with van der Waals surface area (Å²) in [5, 5.41) is 4.97. The van der Waals surface area contributed by atoms with Crippen LogP contribution in [-0.2, 0) is 4.79 Å². The molecule has 4 rings (SSSR count). The van der Waals surface area contributed by atoms with Crippen LogP contribution in [0.1, 0.15) is 23.2 Å². The molecule has 1 heterocycles. The number of fused-ring (bicyclic) bond motifs is 1. The van der Waals surface area contributed by atoms with E-state index in [1.807, 2.05) is 47.4 Å². The third kappa shape index (κ3) is 4.33. The van der Waals surface area contributed by atoms with Gasteiger partial charge in [0.25, 0.3) is 5.91 Å². The zero-order valence-electron chi connectivity index (χ0n) is 17.8. The Morgan fingerprint density at radius 2 is 1.68 bits per heavy atom. The van der Waals surface area contributed by atoms with E-state index in [1.165, 1.54) is 0 Å². The highest BCUT2D eigenvalue weighted by Gasteiger charge is 2.28. The Hall–Kier alpha value is -3.54. The van der Waals surface area contributed by atoms with Crippen LogP contribution < -0.4 is 14.8 Å². The lowest BCUT2D eigenvalue weighted by molar-refractivity contribution is -0.121.